The Morgan fingerprint density at radius 2 is 1.57 bits per heavy atom. The molecule has 11 heteroatoms. The molecular weight excluding hydrogens is 635 g/mol. The number of aliphatic hydroxyl groups is 2. The highest BCUT2D eigenvalue weighted by Gasteiger charge is 2.85. The van der Waals surface area contributed by atoms with Gasteiger partial charge in [-0.1, -0.05) is 59.7 Å². The van der Waals surface area contributed by atoms with Crippen LogP contribution in [0.15, 0.2) is 12.3 Å². The van der Waals surface area contributed by atoms with Gasteiger partial charge in [-0.15, -0.1) is 11.6 Å². The second-order valence-corrected chi connectivity index (χ2v) is 17.7. The van der Waals surface area contributed by atoms with Gasteiger partial charge in [0.25, 0.3) is 0 Å². The topological polar surface area (TPSA) is 132 Å². The number of rotatable bonds is 2. The minimum Gasteiger partial charge on any atom is -0.471 e. The predicted molar refractivity (Wildman–Crippen MR) is 167 cm³/mol. The van der Waals surface area contributed by atoms with Gasteiger partial charge in [0.15, 0.2) is 5.78 Å². The summed E-state index contributed by atoms with van der Waals surface area (Å²) < 4.78 is 24.7. The normalized spacial score (nSPS) is 61.2. The third-order valence-electron chi connectivity index (χ3n) is 15.3. The summed E-state index contributed by atoms with van der Waals surface area (Å²) in [6, 6.07) is 0. The summed E-state index contributed by atoms with van der Waals surface area (Å²) in [6.45, 7) is 20.8. The van der Waals surface area contributed by atoms with Crippen molar-refractivity contribution in [2.45, 2.75) is 115 Å². The number of hydrogen-bond donors (Lipinski definition) is 2. The second-order valence-electron chi connectivity index (χ2n) is 16.6. The summed E-state index contributed by atoms with van der Waals surface area (Å²) in [5.74, 6) is -4.39. The maximum Gasteiger partial charge on any atom is 0.303 e. The number of fused-ring (bicyclic) bond motifs is 10. The van der Waals surface area contributed by atoms with E-state index in [0.29, 0.717) is 6.42 Å². The Bertz CT molecular complexity index is 1420. The molecule has 7 rings (SSSR count). The van der Waals surface area contributed by atoms with E-state index in [0.717, 1.165) is 0 Å². The lowest BCUT2D eigenvalue weighted by atomic mass is 9.38. The Morgan fingerprint density at radius 3 is 2.15 bits per heavy atom. The van der Waals surface area contributed by atoms with Crippen LogP contribution in [-0.2, 0) is 33.3 Å². The Hall–Kier alpha value is -1.39. The number of hydrogen-bond acceptors (Lipinski definition) is 9. The molecule has 0 bridgehead atoms. The Labute approximate surface area is 281 Å². The molecule has 2 N–H and O–H groups in total. The SMILES string of the molecule is C=C1OC2(Cl)C(Cl)[C@@H](C)[C@H]3[C@@H]([C@H](OC(C)=O)[C@H]4C5C(O)C(=O)[C@H]6C[C@@H]7O[C@@H]7[C@H](OC(C)=O)[C@]6(C)C5C(C)[C@H](C)[C@]34C)[C@@]2(C)[C@]1(C)O. The Morgan fingerprint density at radius 1 is 0.957 bits per heavy atom. The monoisotopic (exact) mass is 682 g/mol. The molecule has 5 aliphatic carbocycles. The molecule has 0 radical (unpaired) electrons. The van der Waals surface area contributed by atoms with Gasteiger partial charge in [-0.05, 0) is 48.3 Å². The van der Waals surface area contributed by atoms with Gasteiger partial charge in [-0.2, -0.15) is 0 Å². The molecule has 7 aliphatic rings. The van der Waals surface area contributed by atoms with Crippen molar-refractivity contribution in [1.82, 2.24) is 0 Å². The maximum absolute atomic E-state index is 14.4. The number of esters is 2. The van der Waals surface area contributed by atoms with Crippen molar-refractivity contribution in [3.63, 3.8) is 0 Å². The lowest BCUT2D eigenvalue weighted by molar-refractivity contribution is -0.235. The lowest BCUT2D eigenvalue weighted by Gasteiger charge is -2.66. The van der Waals surface area contributed by atoms with Gasteiger partial charge in [-0.3, -0.25) is 14.4 Å². The summed E-state index contributed by atoms with van der Waals surface area (Å²) in [7, 11) is 0. The smallest absolute Gasteiger partial charge is 0.303 e. The van der Waals surface area contributed by atoms with E-state index < -0.39 is 86.2 Å². The van der Waals surface area contributed by atoms with Crippen molar-refractivity contribution < 1.29 is 43.5 Å². The molecule has 256 valence electrons. The number of ketones is 1. The van der Waals surface area contributed by atoms with Gasteiger partial charge in [-0.25, -0.2) is 0 Å². The number of alkyl halides is 2. The van der Waals surface area contributed by atoms with Crippen LogP contribution in [0.3, 0.4) is 0 Å². The minimum absolute atomic E-state index is 0.0336. The van der Waals surface area contributed by atoms with Crippen molar-refractivity contribution in [3.05, 3.63) is 12.3 Å². The second kappa shape index (κ2) is 9.64. The molecule has 2 heterocycles. The number of carbonyl (C=O) groups excluding carboxylic acids is 3. The van der Waals surface area contributed by atoms with Crippen molar-refractivity contribution in [1.29, 1.82) is 0 Å². The maximum atomic E-state index is 14.4. The van der Waals surface area contributed by atoms with Crippen LogP contribution in [0.4, 0.5) is 0 Å². The van der Waals surface area contributed by atoms with Gasteiger partial charge in [0.05, 0.1) is 16.9 Å². The first-order valence-electron chi connectivity index (χ1n) is 16.8. The van der Waals surface area contributed by atoms with Crippen LogP contribution >= 0.6 is 23.2 Å². The zero-order chi connectivity index (χ0) is 34.0. The number of carbonyl (C=O) groups is 3. The summed E-state index contributed by atoms with van der Waals surface area (Å²) in [5.41, 5.74) is -4.40. The van der Waals surface area contributed by atoms with Crippen molar-refractivity contribution in [2.24, 2.45) is 69.5 Å². The predicted octanol–water partition coefficient (Wildman–Crippen LogP) is 4.47. The highest BCUT2D eigenvalue weighted by molar-refractivity contribution is 6.32. The molecule has 0 aromatic rings. The third kappa shape index (κ3) is 3.48. The van der Waals surface area contributed by atoms with Gasteiger partial charge in [0, 0.05) is 42.9 Å². The van der Waals surface area contributed by atoms with E-state index in [1.165, 1.54) is 13.8 Å². The van der Waals surface area contributed by atoms with Gasteiger partial charge >= 0.3 is 11.9 Å². The fourth-order valence-corrected chi connectivity index (χ4v) is 14.1. The molecule has 46 heavy (non-hydrogen) atoms. The fourth-order valence-electron chi connectivity index (χ4n) is 13.1. The molecule has 6 unspecified atom stereocenters. The van der Waals surface area contributed by atoms with E-state index in [4.69, 9.17) is 42.1 Å². The number of Topliss-reactive ketones (excluding diaryl/α,β-unsaturated/α-hetero) is 1. The minimum atomic E-state index is -1.65. The van der Waals surface area contributed by atoms with E-state index in [-0.39, 0.29) is 53.3 Å². The lowest BCUT2D eigenvalue weighted by Crippen LogP contribution is -2.71. The molecule has 2 aliphatic heterocycles. The van der Waals surface area contributed by atoms with Crippen LogP contribution in [-0.4, -0.2) is 74.5 Å². The van der Waals surface area contributed by atoms with Gasteiger partial charge in [0.1, 0.15) is 35.8 Å². The molecule has 0 amide bonds. The Kier molecular flexibility index (Phi) is 6.94. The number of aliphatic hydroxyl groups excluding tert-OH is 1. The first-order chi connectivity index (χ1) is 21.1. The van der Waals surface area contributed by atoms with Crippen LogP contribution in [0.5, 0.6) is 0 Å². The van der Waals surface area contributed by atoms with E-state index in [1.54, 1.807) is 6.92 Å². The summed E-state index contributed by atoms with van der Waals surface area (Å²) >= 11 is 14.7. The standard InChI is InChI=1S/C35H48Cl2O9/c1-12-14(3)31(7)22-13(2)29(36)35(37)33(9,34(10,42)15(4)46-35)24(22)28(43-16(5)38)23(31)20-21(12)32(8)18(25(40)26(20)41)11-19-27(45-19)30(32)44-17(6)39/h12-14,18-24,26-30,41-42H,4,11H2,1-3,5-10H3/t12?,13-,14-,18+,19-,20?,21?,22-,23+,24-,26?,27-,28+,29?,30-,31+,32-,33-,34+,35?/m0/s1. The summed E-state index contributed by atoms with van der Waals surface area (Å²) in [5, 5.41) is 22.1. The fraction of sp³-hybridized carbons (Fsp3) is 0.857. The van der Waals surface area contributed by atoms with Crippen molar-refractivity contribution >= 4 is 40.9 Å². The first kappa shape index (κ1) is 33.1. The molecule has 2 saturated heterocycles. The van der Waals surface area contributed by atoms with Crippen LogP contribution in [0, 0.1) is 69.5 Å². The zero-order valence-corrected chi connectivity index (χ0v) is 29.6. The first-order valence-corrected chi connectivity index (χ1v) is 17.6. The quantitative estimate of drug-likeness (QED) is 0.246. The van der Waals surface area contributed by atoms with Crippen molar-refractivity contribution in [3.8, 4) is 0 Å². The summed E-state index contributed by atoms with van der Waals surface area (Å²) in [4.78, 5) is 40.0. The average molecular weight is 684 g/mol. The molecule has 0 aromatic carbocycles. The van der Waals surface area contributed by atoms with E-state index in [9.17, 15) is 24.6 Å². The average Bonchev–Trinajstić information content (AvgIpc) is 3.66. The highest BCUT2D eigenvalue weighted by atomic mass is 35.5. The van der Waals surface area contributed by atoms with E-state index >= 15 is 0 Å². The van der Waals surface area contributed by atoms with Crippen LogP contribution in [0.25, 0.3) is 0 Å². The molecule has 7 fully saturated rings. The molecule has 0 aromatic heterocycles. The van der Waals surface area contributed by atoms with Crippen LogP contribution < -0.4 is 0 Å². The van der Waals surface area contributed by atoms with Gasteiger partial charge < -0.3 is 29.2 Å². The van der Waals surface area contributed by atoms with Gasteiger partial charge in [0.2, 0.25) is 5.06 Å². The molecule has 9 nitrogen and oxygen atoms in total. The highest BCUT2D eigenvalue weighted by Crippen LogP contribution is 2.80. The van der Waals surface area contributed by atoms with Crippen LogP contribution in [0.2, 0.25) is 0 Å². The Balaban J connectivity index is 1.47. The van der Waals surface area contributed by atoms with E-state index in [2.05, 4.69) is 27.4 Å². The number of halogens is 2. The summed E-state index contributed by atoms with van der Waals surface area (Å²) in [6.07, 6.45) is -2.92. The van der Waals surface area contributed by atoms with Crippen LogP contribution in [0.1, 0.15) is 68.7 Å². The number of ether oxygens (including phenoxy) is 4. The molecular formula is C35H48Cl2O9. The molecule has 5 saturated carbocycles. The van der Waals surface area contributed by atoms with E-state index in [1.807, 2.05) is 20.8 Å². The van der Waals surface area contributed by atoms with Crippen molar-refractivity contribution in [2.75, 3.05) is 0 Å². The largest absolute Gasteiger partial charge is 0.471 e. The molecule has 0 spiro atoms. The zero-order valence-electron chi connectivity index (χ0n) is 28.1. The molecule has 20 atom stereocenters. The number of epoxide rings is 1. The third-order valence-corrected chi connectivity index (χ3v) is 16.9.